The highest BCUT2D eigenvalue weighted by Crippen LogP contribution is 2.27. The number of nitrogens with one attached hydrogen (secondary N) is 2. The van der Waals surface area contributed by atoms with Crippen LogP contribution in [0.4, 0.5) is 5.69 Å². The number of benzene rings is 1. The minimum absolute atomic E-state index is 0.0162. The Bertz CT molecular complexity index is 473. The van der Waals surface area contributed by atoms with Crippen molar-refractivity contribution in [3.63, 3.8) is 0 Å². The molecule has 2 rings (SSSR count). The van der Waals surface area contributed by atoms with Gasteiger partial charge in [0.05, 0.1) is 25.9 Å². The van der Waals surface area contributed by atoms with Crippen LogP contribution in [0, 0.1) is 0 Å². The summed E-state index contributed by atoms with van der Waals surface area (Å²) in [6, 6.07) is 5.17. The summed E-state index contributed by atoms with van der Waals surface area (Å²) in [6.45, 7) is 4.12. The fourth-order valence-corrected chi connectivity index (χ4v) is 2.82. The Kier molecular flexibility index (Phi) is 5.26. The predicted octanol–water partition coefficient (Wildman–Crippen LogP) is 1.74. The van der Waals surface area contributed by atoms with E-state index in [0.29, 0.717) is 16.5 Å². The maximum Gasteiger partial charge on any atom is 0.282 e. The number of anilines is 1. The van der Waals surface area contributed by atoms with Gasteiger partial charge in [0.2, 0.25) is 0 Å². The highest BCUT2D eigenvalue weighted by Gasteiger charge is 2.27. The molecule has 1 fully saturated rings. The molecule has 0 unspecified atom stereocenters. The van der Waals surface area contributed by atoms with Crippen molar-refractivity contribution in [1.29, 1.82) is 0 Å². The Balaban J connectivity index is 2.05. The molecule has 2 N–H and O–H groups in total. The number of hydrogen-bond donors (Lipinski definition) is 2. The van der Waals surface area contributed by atoms with Gasteiger partial charge in [0, 0.05) is 5.02 Å². The van der Waals surface area contributed by atoms with Gasteiger partial charge in [-0.05, 0) is 44.4 Å². The number of carbonyl (C=O) groups excluding carboxylic acids is 1. The molecule has 1 amide bonds. The van der Waals surface area contributed by atoms with Gasteiger partial charge in [0.25, 0.3) is 5.91 Å². The first-order valence-corrected chi connectivity index (χ1v) is 7.48. The van der Waals surface area contributed by atoms with Crippen LogP contribution in [-0.4, -0.2) is 32.1 Å². The van der Waals surface area contributed by atoms with E-state index in [0.717, 1.165) is 13.1 Å². The van der Waals surface area contributed by atoms with E-state index in [1.165, 1.54) is 24.2 Å². The van der Waals surface area contributed by atoms with Crippen molar-refractivity contribution < 1.29 is 14.4 Å². The van der Waals surface area contributed by atoms with E-state index in [9.17, 15) is 4.79 Å². The standard InChI is InChI=1S/C15H21ClN2O2/c1-11(18-8-4-3-5-9-18)15(19)17-13-10-12(16)6-7-14(13)20-2/h6-7,10-11H,3-5,8-9H2,1-2H3,(H,17,19)/p+1/t11-/m0/s1. The first-order valence-electron chi connectivity index (χ1n) is 7.11. The summed E-state index contributed by atoms with van der Waals surface area (Å²) in [5, 5.41) is 3.51. The van der Waals surface area contributed by atoms with Crippen LogP contribution in [0.1, 0.15) is 26.2 Å². The van der Waals surface area contributed by atoms with Crippen molar-refractivity contribution in [3.8, 4) is 5.75 Å². The molecule has 5 heteroatoms. The molecule has 110 valence electrons. The maximum absolute atomic E-state index is 12.4. The van der Waals surface area contributed by atoms with Crippen molar-refractivity contribution in [2.45, 2.75) is 32.2 Å². The third-order valence-corrected chi connectivity index (χ3v) is 4.16. The number of hydrogen-bond acceptors (Lipinski definition) is 2. The van der Waals surface area contributed by atoms with Gasteiger partial charge >= 0.3 is 0 Å². The Morgan fingerprint density at radius 1 is 1.35 bits per heavy atom. The second kappa shape index (κ2) is 6.95. The van der Waals surface area contributed by atoms with Crippen LogP contribution in [-0.2, 0) is 4.79 Å². The fraction of sp³-hybridized carbons (Fsp3) is 0.533. The molecule has 0 bridgehead atoms. The number of halogens is 1. The minimum Gasteiger partial charge on any atom is -0.495 e. The minimum atomic E-state index is -0.0565. The van der Waals surface area contributed by atoms with E-state index in [1.54, 1.807) is 25.3 Å². The van der Waals surface area contributed by atoms with E-state index < -0.39 is 0 Å². The number of quaternary nitrogens is 1. The molecule has 1 aromatic carbocycles. The van der Waals surface area contributed by atoms with Crippen LogP contribution in [0.5, 0.6) is 5.75 Å². The molecule has 1 heterocycles. The lowest BCUT2D eigenvalue weighted by molar-refractivity contribution is -0.918. The normalized spacial score (nSPS) is 17.6. The number of likely N-dealkylation sites (tertiary alicyclic amines) is 1. The van der Waals surface area contributed by atoms with Crippen LogP contribution >= 0.6 is 11.6 Å². The fourth-order valence-electron chi connectivity index (χ4n) is 2.64. The highest BCUT2D eigenvalue weighted by molar-refractivity contribution is 6.31. The highest BCUT2D eigenvalue weighted by atomic mass is 35.5. The Hall–Kier alpha value is -1.26. The van der Waals surface area contributed by atoms with Crippen molar-refractivity contribution in [1.82, 2.24) is 0 Å². The molecule has 1 atom stereocenters. The molecule has 0 aliphatic carbocycles. The Morgan fingerprint density at radius 2 is 2.05 bits per heavy atom. The molecule has 4 nitrogen and oxygen atoms in total. The van der Waals surface area contributed by atoms with Gasteiger partial charge in [-0.3, -0.25) is 4.79 Å². The molecule has 20 heavy (non-hydrogen) atoms. The average molecular weight is 298 g/mol. The zero-order valence-corrected chi connectivity index (χ0v) is 12.8. The molecule has 1 aliphatic rings. The summed E-state index contributed by atoms with van der Waals surface area (Å²) in [5.74, 6) is 0.645. The third-order valence-electron chi connectivity index (χ3n) is 3.92. The number of piperidine rings is 1. The molecule has 0 spiro atoms. The van der Waals surface area contributed by atoms with E-state index in [4.69, 9.17) is 16.3 Å². The SMILES string of the molecule is COc1ccc(Cl)cc1NC(=O)[C@H](C)[NH+]1CCCCC1. The van der Waals surface area contributed by atoms with Gasteiger partial charge in [0.15, 0.2) is 6.04 Å². The number of rotatable bonds is 4. The van der Waals surface area contributed by atoms with Crippen molar-refractivity contribution >= 4 is 23.2 Å². The predicted molar refractivity (Wildman–Crippen MR) is 80.6 cm³/mol. The second-order valence-corrected chi connectivity index (χ2v) is 5.71. The molecular weight excluding hydrogens is 276 g/mol. The smallest absolute Gasteiger partial charge is 0.282 e. The lowest BCUT2D eigenvalue weighted by Gasteiger charge is -2.28. The molecular formula is C15H22ClN2O2+. The molecule has 0 aromatic heterocycles. The summed E-state index contributed by atoms with van der Waals surface area (Å²) >= 11 is 5.97. The zero-order valence-electron chi connectivity index (χ0n) is 12.0. The molecule has 1 aliphatic heterocycles. The molecule has 0 radical (unpaired) electrons. The first kappa shape index (κ1) is 15.1. The summed E-state index contributed by atoms with van der Waals surface area (Å²) in [5.41, 5.74) is 0.633. The van der Waals surface area contributed by atoms with Crippen LogP contribution in [0.15, 0.2) is 18.2 Å². The van der Waals surface area contributed by atoms with E-state index >= 15 is 0 Å². The van der Waals surface area contributed by atoms with Crippen molar-refractivity contribution in [3.05, 3.63) is 23.2 Å². The quantitative estimate of drug-likeness (QED) is 0.889. The van der Waals surface area contributed by atoms with Gasteiger partial charge in [-0.25, -0.2) is 0 Å². The summed E-state index contributed by atoms with van der Waals surface area (Å²) in [4.78, 5) is 13.7. The number of ether oxygens (including phenoxy) is 1. The molecule has 1 aromatic rings. The van der Waals surface area contributed by atoms with Crippen LogP contribution in [0.3, 0.4) is 0 Å². The largest absolute Gasteiger partial charge is 0.495 e. The van der Waals surface area contributed by atoms with Crippen molar-refractivity contribution in [2.24, 2.45) is 0 Å². The lowest BCUT2D eigenvalue weighted by atomic mass is 10.1. The van der Waals surface area contributed by atoms with E-state index in [-0.39, 0.29) is 11.9 Å². The Morgan fingerprint density at radius 3 is 2.70 bits per heavy atom. The van der Waals surface area contributed by atoms with E-state index in [2.05, 4.69) is 5.32 Å². The lowest BCUT2D eigenvalue weighted by Crippen LogP contribution is -3.17. The zero-order chi connectivity index (χ0) is 14.5. The van der Waals surface area contributed by atoms with Gasteiger partial charge in [-0.1, -0.05) is 11.6 Å². The average Bonchev–Trinajstić information content (AvgIpc) is 2.47. The van der Waals surface area contributed by atoms with Crippen LogP contribution in [0.2, 0.25) is 5.02 Å². The topological polar surface area (TPSA) is 42.8 Å². The first-order chi connectivity index (χ1) is 9.61. The number of carbonyl (C=O) groups is 1. The van der Waals surface area contributed by atoms with Crippen LogP contribution in [0.25, 0.3) is 0 Å². The number of amides is 1. The van der Waals surface area contributed by atoms with E-state index in [1.807, 2.05) is 6.92 Å². The molecule has 0 saturated carbocycles. The van der Waals surface area contributed by atoms with Crippen LogP contribution < -0.4 is 15.0 Å². The van der Waals surface area contributed by atoms with Gasteiger partial charge in [-0.2, -0.15) is 0 Å². The molecule has 1 saturated heterocycles. The second-order valence-electron chi connectivity index (χ2n) is 5.27. The van der Waals surface area contributed by atoms with Crippen molar-refractivity contribution in [2.75, 3.05) is 25.5 Å². The van der Waals surface area contributed by atoms with Gasteiger partial charge < -0.3 is 15.0 Å². The van der Waals surface area contributed by atoms with Gasteiger partial charge in [-0.15, -0.1) is 0 Å². The maximum atomic E-state index is 12.4. The summed E-state index contributed by atoms with van der Waals surface area (Å²) < 4.78 is 5.25. The third kappa shape index (κ3) is 3.64. The monoisotopic (exact) mass is 297 g/mol. The Labute approximate surface area is 125 Å². The summed E-state index contributed by atoms with van der Waals surface area (Å²) in [6.07, 6.45) is 3.68. The van der Waals surface area contributed by atoms with Gasteiger partial charge in [0.1, 0.15) is 5.75 Å². The summed E-state index contributed by atoms with van der Waals surface area (Å²) in [7, 11) is 1.58. The number of methoxy groups -OCH3 is 1.